The molecule has 1 aliphatic heterocycles. The van der Waals surface area contributed by atoms with Gasteiger partial charge in [-0.05, 0) is 18.7 Å². The number of rotatable bonds is 1. The third-order valence-electron chi connectivity index (χ3n) is 2.31. The van der Waals surface area contributed by atoms with Crippen LogP contribution in [0.2, 0.25) is 0 Å². The molecule has 13 heavy (non-hydrogen) atoms. The molecule has 1 N–H and O–H groups in total. The Balaban J connectivity index is 2.32. The molecule has 0 amide bonds. The third-order valence-corrected chi connectivity index (χ3v) is 3.32. The summed E-state index contributed by atoms with van der Waals surface area (Å²) in [7, 11) is 0. The maximum Gasteiger partial charge on any atom is 0.138 e. The van der Waals surface area contributed by atoms with E-state index in [1.807, 2.05) is 0 Å². The maximum atomic E-state index is 5.87. The standard InChI is InChI=1S/C10H15NOS/c1-3-8-6-13-9-5-11-4-7(2)12-10(8)9/h6-7,11H,3-5H2,1-2H3. The lowest BCUT2D eigenvalue weighted by atomic mass is 10.2. The molecular weight excluding hydrogens is 182 g/mol. The first kappa shape index (κ1) is 9.03. The fourth-order valence-electron chi connectivity index (χ4n) is 1.57. The van der Waals surface area contributed by atoms with Gasteiger partial charge in [0.15, 0.2) is 0 Å². The van der Waals surface area contributed by atoms with Gasteiger partial charge in [-0.3, -0.25) is 0 Å². The summed E-state index contributed by atoms with van der Waals surface area (Å²) >= 11 is 1.80. The molecule has 3 heteroatoms. The molecule has 2 heterocycles. The van der Waals surface area contributed by atoms with Crippen molar-refractivity contribution in [1.29, 1.82) is 0 Å². The van der Waals surface area contributed by atoms with Crippen molar-refractivity contribution in [2.24, 2.45) is 0 Å². The summed E-state index contributed by atoms with van der Waals surface area (Å²) in [6.45, 7) is 6.20. The van der Waals surface area contributed by atoms with Crippen LogP contribution in [0.5, 0.6) is 5.75 Å². The van der Waals surface area contributed by atoms with E-state index in [-0.39, 0.29) is 0 Å². The molecule has 72 valence electrons. The van der Waals surface area contributed by atoms with Crippen LogP contribution >= 0.6 is 11.3 Å². The molecule has 0 aliphatic carbocycles. The van der Waals surface area contributed by atoms with Gasteiger partial charge in [0.25, 0.3) is 0 Å². The van der Waals surface area contributed by atoms with Crippen molar-refractivity contribution in [3.05, 3.63) is 15.8 Å². The maximum absolute atomic E-state index is 5.87. The molecule has 0 aromatic carbocycles. The largest absolute Gasteiger partial charge is 0.488 e. The van der Waals surface area contributed by atoms with Gasteiger partial charge < -0.3 is 10.1 Å². The summed E-state index contributed by atoms with van der Waals surface area (Å²) < 4.78 is 5.87. The highest BCUT2D eigenvalue weighted by molar-refractivity contribution is 7.10. The Bertz CT molecular complexity index is 295. The van der Waals surface area contributed by atoms with Gasteiger partial charge in [0.1, 0.15) is 11.9 Å². The molecule has 0 fully saturated rings. The lowest BCUT2D eigenvalue weighted by molar-refractivity contribution is 0.225. The van der Waals surface area contributed by atoms with E-state index >= 15 is 0 Å². The highest BCUT2D eigenvalue weighted by Crippen LogP contribution is 2.32. The molecule has 1 atom stereocenters. The van der Waals surface area contributed by atoms with Gasteiger partial charge in [-0.1, -0.05) is 6.92 Å². The predicted octanol–water partition coefficient (Wildman–Crippen LogP) is 2.18. The quantitative estimate of drug-likeness (QED) is 0.745. The van der Waals surface area contributed by atoms with E-state index in [0.717, 1.165) is 25.3 Å². The summed E-state index contributed by atoms with van der Waals surface area (Å²) in [4.78, 5) is 1.35. The van der Waals surface area contributed by atoms with E-state index in [9.17, 15) is 0 Å². The fraction of sp³-hybridized carbons (Fsp3) is 0.600. The predicted molar refractivity (Wildman–Crippen MR) is 55.5 cm³/mol. The molecule has 1 aromatic heterocycles. The Morgan fingerprint density at radius 2 is 2.54 bits per heavy atom. The average molecular weight is 197 g/mol. The summed E-state index contributed by atoms with van der Waals surface area (Å²) in [6.07, 6.45) is 1.36. The first-order chi connectivity index (χ1) is 6.31. The van der Waals surface area contributed by atoms with Crippen molar-refractivity contribution in [2.75, 3.05) is 6.54 Å². The number of hydrogen-bond donors (Lipinski definition) is 1. The molecule has 1 aromatic rings. The summed E-state index contributed by atoms with van der Waals surface area (Å²) in [5.41, 5.74) is 1.36. The van der Waals surface area contributed by atoms with Gasteiger partial charge in [-0.15, -0.1) is 11.3 Å². The number of thiophene rings is 1. The zero-order valence-electron chi connectivity index (χ0n) is 8.09. The topological polar surface area (TPSA) is 21.3 Å². The van der Waals surface area contributed by atoms with Crippen molar-refractivity contribution >= 4 is 11.3 Å². The Kier molecular flexibility index (Phi) is 2.56. The molecule has 0 spiro atoms. The first-order valence-electron chi connectivity index (χ1n) is 4.78. The van der Waals surface area contributed by atoms with Crippen LogP contribution < -0.4 is 10.1 Å². The second kappa shape index (κ2) is 3.68. The molecule has 1 aliphatic rings. The van der Waals surface area contributed by atoms with Crippen molar-refractivity contribution in [3.8, 4) is 5.75 Å². The van der Waals surface area contributed by atoms with Gasteiger partial charge in [0, 0.05) is 18.7 Å². The minimum Gasteiger partial charge on any atom is -0.488 e. The van der Waals surface area contributed by atoms with Gasteiger partial charge in [0.2, 0.25) is 0 Å². The second-order valence-corrected chi connectivity index (χ2v) is 4.39. The van der Waals surface area contributed by atoms with Gasteiger partial charge in [-0.25, -0.2) is 0 Å². The highest BCUT2D eigenvalue weighted by Gasteiger charge is 2.17. The highest BCUT2D eigenvalue weighted by atomic mass is 32.1. The van der Waals surface area contributed by atoms with Crippen LogP contribution in [0, 0.1) is 0 Å². The Labute approximate surface area is 82.9 Å². The molecule has 0 saturated heterocycles. The zero-order chi connectivity index (χ0) is 9.26. The number of aryl methyl sites for hydroxylation is 1. The van der Waals surface area contributed by atoms with E-state index in [1.165, 1.54) is 10.4 Å². The van der Waals surface area contributed by atoms with E-state index in [1.54, 1.807) is 11.3 Å². The minimum absolute atomic E-state index is 0.293. The van der Waals surface area contributed by atoms with Crippen LogP contribution in [-0.2, 0) is 13.0 Å². The van der Waals surface area contributed by atoms with Crippen LogP contribution in [0.1, 0.15) is 24.3 Å². The molecule has 2 nitrogen and oxygen atoms in total. The average Bonchev–Trinajstić information content (AvgIpc) is 2.39. The fourth-order valence-corrected chi connectivity index (χ4v) is 2.60. The van der Waals surface area contributed by atoms with E-state index in [4.69, 9.17) is 4.74 Å². The van der Waals surface area contributed by atoms with E-state index in [0.29, 0.717) is 6.10 Å². The smallest absolute Gasteiger partial charge is 0.138 e. The molecule has 2 rings (SSSR count). The number of nitrogens with one attached hydrogen (secondary N) is 1. The number of fused-ring (bicyclic) bond motifs is 1. The molecule has 1 unspecified atom stereocenters. The molecule has 0 bridgehead atoms. The third kappa shape index (κ3) is 1.71. The Morgan fingerprint density at radius 3 is 3.31 bits per heavy atom. The Morgan fingerprint density at radius 1 is 1.69 bits per heavy atom. The zero-order valence-corrected chi connectivity index (χ0v) is 8.91. The van der Waals surface area contributed by atoms with Crippen LogP contribution in [0.4, 0.5) is 0 Å². The van der Waals surface area contributed by atoms with Crippen molar-refractivity contribution < 1.29 is 4.74 Å². The van der Waals surface area contributed by atoms with E-state index in [2.05, 4.69) is 24.5 Å². The molecule has 0 radical (unpaired) electrons. The minimum atomic E-state index is 0.293. The SMILES string of the molecule is CCc1csc2c1OC(C)CNC2. The van der Waals surface area contributed by atoms with Gasteiger partial charge in [0.05, 0.1) is 4.88 Å². The van der Waals surface area contributed by atoms with Crippen molar-refractivity contribution in [2.45, 2.75) is 32.9 Å². The Hall–Kier alpha value is -0.540. The summed E-state index contributed by atoms with van der Waals surface area (Å²) in [5, 5.41) is 5.59. The van der Waals surface area contributed by atoms with Gasteiger partial charge >= 0.3 is 0 Å². The lowest BCUT2D eigenvalue weighted by Gasteiger charge is -2.11. The second-order valence-electron chi connectivity index (χ2n) is 3.43. The van der Waals surface area contributed by atoms with Crippen molar-refractivity contribution in [3.63, 3.8) is 0 Å². The van der Waals surface area contributed by atoms with Gasteiger partial charge in [-0.2, -0.15) is 0 Å². The normalized spacial score (nSPS) is 21.8. The van der Waals surface area contributed by atoms with Crippen LogP contribution in [-0.4, -0.2) is 12.6 Å². The summed E-state index contributed by atoms with van der Waals surface area (Å²) in [5.74, 6) is 1.14. The van der Waals surface area contributed by atoms with E-state index < -0.39 is 0 Å². The molecular formula is C10H15NOS. The van der Waals surface area contributed by atoms with Crippen LogP contribution in [0.15, 0.2) is 5.38 Å². The number of ether oxygens (including phenoxy) is 1. The first-order valence-corrected chi connectivity index (χ1v) is 5.65. The monoisotopic (exact) mass is 197 g/mol. The number of hydrogen-bond acceptors (Lipinski definition) is 3. The molecule has 0 saturated carbocycles. The van der Waals surface area contributed by atoms with Crippen LogP contribution in [0.25, 0.3) is 0 Å². The lowest BCUT2D eigenvalue weighted by Crippen LogP contribution is -2.25. The van der Waals surface area contributed by atoms with Crippen molar-refractivity contribution in [1.82, 2.24) is 5.32 Å². The van der Waals surface area contributed by atoms with Crippen LogP contribution in [0.3, 0.4) is 0 Å². The summed E-state index contributed by atoms with van der Waals surface area (Å²) in [6, 6.07) is 0.